The molecule has 26 heavy (non-hydrogen) atoms. The van der Waals surface area contributed by atoms with Gasteiger partial charge in [-0.05, 0) is 19.1 Å². The highest BCUT2D eigenvalue weighted by atomic mass is 16.2. The van der Waals surface area contributed by atoms with Crippen LogP contribution in [-0.4, -0.2) is 56.9 Å². The number of para-hydroxylation sites is 1. The lowest BCUT2D eigenvalue weighted by molar-refractivity contribution is 0.208. The second kappa shape index (κ2) is 6.62. The van der Waals surface area contributed by atoms with Crippen LogP contribution in [-0.2, 0) is 7.05 Å². The first kappa shape index (κ1) is 16.3. The maximum atomic E-state index is 12.4. The molecule has 8 nitrogen and oxygen atoms in total. The topological polar surface area (TPSA) is 79.2 Å². The van der Waals surface area contributed by atoms with Crippen LogP contribution in [0.1, 0.15) is 5.69 Å². The molecule has 4 rings (SSSR count). The molecule has 0 radical (unpaired) electrons. The third-order valence-corrected chi connectivity index (χ3v) is 4.66. The molecule has 1 aliphatic rings. The van der Waals surface area contributed by atoms with Gasteiger partial charge in [0.05, 0.1) is 5.69 Å². The molecule has 0 unspecified atom stereocenters. The zero-order chi connectivity index (χ0) is 18.1. The van der Waals surface area contributed by atoms with E-state index in [9.17, 15) is 4.79 Å². The minimum atomic E-state index is -0.0694. The van der Waals surface area contributed by atoms with Crippen molar-refractivity contribution in [3.63, 3.8) is 0 Å². The van der Waals surface area contributed by atoms with E-state index in [4.69, 9.17) is 0 Å². The Kier molecular flexibility index (Phi) is 4.16. The van der Waals surface area contributed by atoms with E-state index >= 15 is 0 Å². The molecule has 8 heteroatoms. The van der Waals surface area contributed by atoms with E-state index in [-0.39, 0.29) is 6.03 Å². The molecule has 0 spiro atoms. The highest BCUT2D eigenvalue weighted by Crippen LogP contribution is 2.25. The van der Waals surface area contributed by atoms with Crippen LogP contribution in [0.3, 0.4) is 0 Å². The van der Waals surface area contributed by atoms with Crippen molar-refractivity contribution >= 4 is 28.6 Å². The van der Waals surface area contributed by atoms with Crippen LogP contribution in [0.15, 0.2) is 36.7 Å². The summed E-state index contributed by atoms with van der Waals surface area (Å²) >= 11 is 0. The fraction of sp³-hybridized carbons (Fsp3) is 0.333. The number of nitrogens with zero attached hydrogens (tertiary/aromatic N) is 6. The number of carbonyl (C=O) groups is 1. The van der Waals surface area contributed by atoms with E-state index in [1.807, 2.05) is 53.9 Å². The lowest BCUT2D eigenvalue weighted by atomic mass is 10.3. The number of urea groups is 1. The predicted octanol–water partition coefficient (Wildman–Crippen LogP) is 2.03. The van der Waals surface area contributed by atoms with Crippen LogP contribution in [0.5, 0.6) is 0 Å². The number of fused-ring (bicyclic) bond motifs is 1. The van der Waals surface area contributed by atoms with Crippen LogP contribution in [0.2, 0.25) is 0 Å². The lowest BCUT2D eigenvalue weighted by Gasteiger charge is -2.35. The van der Waals surface area contributed by atoms with E-state index in [2.05, 4.69) is 25.3 Å². The van der Waals surface area contributed by atoms with Gasteiger partial charge in [-0.3, -0.25) is 4.68 Å². The van der Waals surface area contributed by atoms with E-state index in [0.29, 0.717) is 13.1 Å². The third kappa shape index (κ3) is 2.94. The summed E-state index contributed by atoms with van der Waals surface area (Å²) in [6, 6.07) is 9.44. The molecule has 1 saturated heterocycles. The molecular formula is C18H21N7O. The Labute approximate surface area is 151 Å². The summed E-state index contributed by atoms with van der Waals surface area (Å²) in [4.78, 5) is 25.3. The standard InChI is InChI=1S/C18H21N7O/c1-13-15-16(23(2)22-13)17(20-12-19-15)24-8-10-25(11-9-24)18(26)21-14-6-4-3-5-7-14/h3-7,12H,8-11H2,1-2H3,(H,21,26). The highest BCUT2D eigenvalue weighted by molar-refractivity contribution is 5.90. The molecule has 0 saturated carbocycles. The minimum absolute atomic E-state index is 0.0694. The number of rotatable bonds is 2. The van der Waals surface area contributed by atoms with Gasteiger partial charge in [-0.15, -0.1) is 0 Å². The fourth-order valence-electron chi connectivity index (χ4n) is 3.33. The fourth-order valence-corrected chi connectivity index (χ4v) is 3.33. The van der Waals surface area contributed by atoms with Crippen LogP contribution >= 0.6 is 0 Å². The molecule has 3 aromatic rings. The molecule has 0 bridgehead atoms. The Morgan fingerprint density at radius 1 is 1.08 bits per heavy atom. The number of nitrogens with one attached hydrogen (secondary N) is 1. The molecule has 134 valence electrons. The average Bonchev–Trinajstić information content (AvgIpc) is 2.97. The number of carbonyl (C=O) groups excluding carboxylic acids is 1. The van der Waals surface area contributed by atoms with Gasteiger partial charge in [0.25, 0.3) is 0 Å². The summed E-state index contributed by atoms with van der Waals surface area (Å²) < 4.78 is 1.83. The zero-order valence-corrected chi connectivity index (χ0v) is 14.9. The Balaban J connectivity index is 1.46. The maximum absolute atomic E-state index is 12.4. The Bertz CT molecular complexity index is 929. The van der Waals surface area contributed by atoms with Crippen molar-refractivity contribution in [3.8, 4) is 0 Å². The molecule has 1 aromatic carbocycles. The number of amides is 2. The third-order valence-electron chi connectivity index (χ3n) is 4.66. The summed E-state index contributed by atoms with van der Waals surface area (Å²) in [6.45, 7) is 4.67. The second-order valence-electron chi connectivity index (χ2n) is 6.37. The molecule has 1 N–H and O–H groups in total. The molecule has 2 amide bonds. The van der Waals surface area contributed by atoms with Crippen LogP contribution in [0.4, 0.5) is 16.3 Å². The van der Waals surface area contributed by atoms with E-state index in [0.717, 1.165) is 41.3 Å². The first-order chi connectivity index (χ1) is 12.6. The maximum Gasteiger partial charge on any atom is 0.321 e. The van der Waals surface area contributed by atoms with E-state index in [1.165, 1.54) is 0 Å². The van der Waals surface area contributed by atoms with Gasteiger partial charge in [0.15, 0.2) is 5.82 Å². The van der Waals surface area contributed by atoms with Gasteiger partial charge in [0.2, 0.25) is 0 Å². The summed E-state index contributed by atoms with van der Waals surface area (Å²) in [6.07, 6.45) is 1.58. The lowest BCUT2D eigenvalue weighted by Crippen LogP contribution is -2.50. The molecule has 0 atom stereocenters. The van der Waals surface area contributed by atoms with Gasteiger partial charge >= 0.3 is 6.03 Å². The smallest absolute Gasteiger partial charge is 0.321 e. The van der Waals surface area contributed by atoms with Crippen LogP contribution in [0, 0.1) is 6.92 Å². The van der Waals surface area contributed by atoms with Crippen molar-refractivity contribution < 1.29 is 4.79 Å². The quantitative estimate of drug-likeness (QED) is 0.764. The van der Waals surface area contributed by atoms with E-state index < -0.39 is 0 Å². The van der Waals surface area contributed by atoms with Crippen molar-refractivity contribution in [1.29, 1.82) is 0 Å². The largest absolute Gasteiger partial charge is 0.351 e. The summed E-state index contributed by atoms with van der Waals surface area (Å²) in [5.41, 5.74) is 3.52. The first-order valence-electron chi connectivity index (χ1n) is 8.63. The van der Waals surface area contributed by atoms with Gasteiger partial charge in [0.1, 0.15) is 17.4 Å². The molecular weight excluding hydrogens is 330 g/mol. The van der Waals surface area contributed by atoms with E-state index in [1.54, 1.807) is 6.33 Å². The number of hydrogen-bond acceptors (Lipinski definition) is 5. The second-order valence-corrected chi connectivity index (χ2v) is 6.37. The number of piperazine rings is 1. The Morgan fingerprint density at radius 2 is 1.81 bits per heavy atom. The Morgan fingerprint density at radius 3 is 2.54 bits per heavy atom. The van der Waals surface area contributed by atoms with Gasteiger partial charge in [0, 0.05) is 38.9 Å². The van der Waals surface area contributed by atoms with Gasteiger partial charge < -0.3 is 15.1 Å². The van der Waals surface area contributed by atoms with Crippen LogP contribution < -0.4 is 10.2 Å². The van der Waals surface area contributed by atoms with Gasteiger partial charge in [-0.2, -0.15) is 5.10 Å². The summed E-state index contributed by atoms with van der Waals surface area (Å²) in [7, 11) is 1.91. The molecule has 1 aliphatic heterocycles. The zero-order valence-electron chi connectivity index (χ0n) is 14.9. The van der Waals surface area contributed by atoms with Crippen LogP contribution in [0.25, 0.3) is 11.0 Å². The first-order valence-corrected chi connectivity index (χ1v) is 8.63. The van der Waals surface area contributed by atoms with Crippen molar-refractivity contribution in [2.24, 2.45) is 7.05 Å². The number of aromatic nitrogens is 4. The van der Waals surface area contributed by atoms with Gasteiger partial charge in [-0.1, -0.05) is 18.2 Å². The monoisotopic (exact) mass is 351 g/mol. The van der Waals surface area contributed by atoms with Gasteiger partial charge in [-0.25, -0.2) is 14.8 Å². The number of anilines is 2. The van der Waals surface area contributed by atoms with Crippen molar-refractivity contribution in [3.05, 3.63) is 42.4 Å². The SMILES string of the molecule is Cc1nn(C)c2c(N3CCN(C(=O)Nc4ccccc4)CC3)ncnc12. The predicted molar refractivity (Wildman–Crippen MR) is 100 cm³/mol. The highest BCUT2D eigenvalue weighted by Gasteiger charge is 2.24. The van der Waals surface area contributed by atoms with Crippen molar-refractivity contribution in [2.45, 2.75) is 6.92 Å². The van der Waals surface area contributed by atoms with Crippen molar-refractivity contribution in [1.82, 2.24) is 24.6 Å². The Hall–Kier alpha value is -3.16. The molecule has 0 aliphatic carbocycles. The average molecular weight is 351 g/mol. The molecule has 3 heterocycles. The normalized spacial score (nSPS) is 14.7. The minimum Gasteiger partial charge on any atom is -0.351 e. The summed E-state index contributed by atoms with van der Waals surface area (Å²) in [5.74, 6) is 0.876. The number of benzene rings is 1. The number of hydrogen-bond donors (Lipinski definition) is 1. The number of aryl methyl sites for hydroxylation is 2. The summed E-state index contributed by atoms with van der Waals surface area (Å²) in [5, 5.41) is 7.39. The molecule has 2 aromatic heterocycles. The molecule has 1 fully saturated rings. The van der Waals surface area contributed by atoms with Crippen molar-refractivity contribution in [2.75, 3.05) is 36.4 Å².